The Kier molecular flexibility index (Phi) is 11.8. The van der Waals surface area contributed by atoms with Gasteiger partial charge < -0.3 is 15.4 Å². The van der Waals surface area contributed by atoms with Crippen LogP contribution in [0.2, 0.25) is 0 Å². The Balaban J connectivity index is 3.15. The Morgan fingerprint density at radius 3 is 3.00 bits per heavy atom. The Bertz CT molecular complexity index is 217. The number of amides is 1. The van der Waals surface area contributed by atoms with Crippen LogP contribution in [0.4, 0.5) is 0 Å². The summed E-state index contributed by atoms with van der Waals surface area (Å²) in [5, 5.41) is 5.85. The van der Waals surface area contributed by atoms with Crippen molar-refractivity contribution in [3.63, 3.8) is 0 Å². The predicted octanol–water partition coefficient (Wildman–Crippen LogP) is 0.0951. The normalized spacial score (nSPS) is 9.75. The number of thioether (sulfide) groups is 1. The van der Waals surface area contributed by atoms with Crippen molar-refractivity contribution in [2.45, 2.75) is 6.42 Å². The zero-order valence-corrected chi connectivity index (χ0v) is 10.6. The van der Waals surface area contributed by atoms with Crippen molar-refractivity contribution in [2.24, 2.45) is 0 Å². The molecule has 0 radical (unpaired) electrons. The Hall–Kier alpha value is -0.700. The summed E-state index contributed by atoms with van der Waals surface area (Å²) in [4.78, 5) is 11.2. The van der Waals surface area contributed by atoms with Gasteiger partial charge in [-0.1, -0.05) is 5.92 Å². The molecule has 0 unspecified atom stereocenters. The van der Waals surface area contributed by atoms with Crippen molar-refractivity contribution < 1.29 is 9.53 Å². The first-order chi connectivity index (χ1) is 7.81. The lowest BCUT2D eigenvalue weighted by Gasteiger charge is -2.05. The highest BCUT2D eigenvalue weighted by molar-refractivity contribution is 7.99. The summed E-state index contributed by atoms with van der Waals surface area (Å²) in [6, 6.07) is 0. The summed E-state index contributed by atoms with van der Waals surface area (Å²) in [7, 11) is 1.65. The van der Waals surface area contributed by atoms with E-state index in [4.69, 9.17) is 11.2 Å². The molecule has 0 heterocycles. The van der Waals surface area contributed by atoms with Crippen LogP contribution in [0, 0.1) is 12.3 Å². The second kappa shape index (κ2) is 12.4. The molecule has 16 heavy (non-hydrogen) atoms. The van der Waals surface area contributed by atoms with E-state index in [0.29, 0.717) is 19.7 Å². The molecule has 1 amide bonds. The van der Waals surface area contributed by atoms with Crippen LogP contribution in [0.1, 0.15) is 6.42 Å². The lowest BCUT2D eigenvalue weighted by Crippen LogP contribution is -2.35. The fourth-order valence-electron chi connectivity index (χ4n) is 0.984. The average molecular weight is 244 g/mol. The molecule has 0 aromatic rings. The van der Waals surface area contributed by atoms with Crippen molar-refractivity contribution in [3.8, 4) is 12.3 Å². The highest BCUT2D eigenvalue weighted by Gasteiger charge is 1.98. The highest BCUT2D eigenvalue weighted by atomic mass is 32.2. The molecule has 2 N–H and O–H groups in total. The molecular formula is C11H20N2O2S. The Morgan fingerprint density at radius 1 is 1.50 bits per heavy atom. The van der Waals surface area contributed by atoms with E-state index in [1.807, 2.05) is 0 Å². The van der Waals surface area contributed by atoms with Gasteiger partial charge in [0.1, 0.15) is 0 Å². The molecule has 92 valence electrons. The topological polar surface area (TPSA) is 50.4 Å². The number of carbonyl (C=O) groups is 1. The minimum absolute atomic E-state index is 0.0260. The number of hydrogen-bond acceptors (Lipinski definition) is 4. The van der Waals surface area contributed by atoms with Gasteiger partial charge in [0.2, 0.25) is 5.91 Å². The standard InChI is InChI=1S/C11H20N2O2S/c1-3-8-16-9-6-12-10-11(14)13-5-4-7-15-2/h1,12H,4-10H2,2H3,(H,13,14). The van der Waals surface area contributed by atoms with Crippen LogP contribution in [0.5, 0.6) is 0 Å². The van der Waals surface area contributed by atoms with Crippen LogP contribution in [-0.2, 0) is 9.53 Å². The highest BCUT2D eigenvalue weighted by Crippen LogP contribution is 1.94. The van der Waals surface area contributed by atoms with Gasteiger partial charge in [0.25, 0.3) is 0 Å². The lowest BCUT2D eigenvalue weighted by atomic mass is 10.4. The van der Waals surface area contributed by atoms with Crippen molar-refractivity contribution in [1.29, 1.82) is 0 Å². The van der Waals surface area contributed by atoms with Gasteiger partial charge in [0.15, 0.2) is 0 Å². The van der Waals surface area contributed by atoms with Gasteiger partial charge in [-0.2, -0.15) is 0 Å². The number of nitrogens with one attached hydrogen (secondary N) is 2. The summed E-state index contributed by atoms with van der Waals surface area (Å²) in [5.74, 6) is 4.24. The molecule has 0 saturated heterocycles. The Labute approximate surface area is 102 Å². The maximum Gasteiger partial charge on any atom is 0.233 e. The molecule has 4 nitrogen and oxygen atoms in total. The molecule has 0 rings (SSSR count). The van der Waals surface area contributed by atoms with E-state index in [0.717, 1.165) is 24.5 Å². The number of hydrogen-bond donors (Lipinski definition) is 2. The fraction of sp³-hybridized carbons (Fsp3) is 0.727. The van der Waals surface area contributed by atoms with Gasteiger partial charge in [-0.15, -0.1) is 18.2 Å². The van der Waals surface area contributed by atoms with Gasteiger partial charge in [-0.05, 0) is 6.42 Å². The molecule has 0 aliphatic heterocycles. The number of rotatable bonds is 10. The quantitative estimate of drug-likeness (QED) is 0.422. The summed E-state index contributed by atoms with van der Waals surface area (Å²) >= 11 is 1.68. The second-order valence-electron chi connectivity index (χ2n) is 3.13. The molecule has 0 aromatic heterocycles. The summed E-state index contributed by atoms with van der Waals surface area (Å²) < 4.78 is 4.87. The maximum atomic E-state index is 11.2. The van der Waals surface area contributed by atoms with E-state index in [2.05, 4.69) is 16.6 Å². The Morgan fingerprint density at radius 2 is 2.31 bits per heavy atom. The van der Waals surface area contributed by atoms with Crippen LogP contribution in [-0.4, -0.2) is 50.8 Å². The van der Waals surface area contributed by atoms with E-state index in [1.165, 1.54) is 0 Å². The first-order valence-corrected chi connectivity index (χ1v) is 6.44. The molecule has 5 heteroatoms. The zero-order valence-electron chi connectivity index (χ0n) is 9.75. The van der Waals surface area contributed by atoms with Crippen LogP contribution >= 0.6 is 11.8 Å². The first kappa shape index (κ1) is 15.3. The fourth-order valence-corrected chi connectivity index (χ4v) is 1.54. The van der Waals surface area contributed by atoms with Gasteiger partial charge in [0.05, 0.1) is 12.3 Å². The molecule has 0 aromatic carbocycles. The van der Waals surface area contributed by atoms with Crippen molar-refractivity contribution in [1.82, 2.24) is 10.6 Å². The van der Waals surface area contributed by atoms with E-state index in [9.17, 15) is 4.79 Å². The minimum atomic E-state index is 0.0260. The van der Waals surface area contributed by atoms with Gasteiger partial charge in [-0.3, -0.25) is 4.79 Å². The number of carbonyl (C=O) groups excluding carboxylic acids is 1. The van der Waals surface area contributed by atoms with Crippen LogP contribution in [0.3, 0.4) is 0 Å². The zero-order chi connectivity index (χ0) is 12.1. The third-order valence-corrected chi connectivity index (χ3v) is 2.61. The molecule has 0 saturated carbocycles. The third kappa shape index (κ3) is 11.4. The van der Waals surface area contributed by atoms with Crippen molar-refractivity contribution >= 4 is 17.7 Å². The third-order valence-electron chi connectivity index (χ3n) is 1.74. The van der Waals surface area contributed by atoms with Gasteiger partial charge >= 0.3 is 0 Å². The average Bonchev–Trinajstić information content (AvgIpc) is 2.29. The van der Waals surface area contributed by atoms with Crippen molar-refractivity contribution in [2.75, 3.05) is 44.9 Å². The summed E-state index contributed by atoms with van der Waals surface area (Å²) in [6.45, 7) is 2.51. The summed E-state index contributed by atoms with van der Waals surface area (Å²) in [6.07, 6.45) is 5.95. The van der Waals surface area contributed by atoms with E-state index >= 15 is 0 Å². The molecule has 0 fully saturated rings. The molecule has 0 aliphatic carbocycles. The van der Waals surface area contributed by atoms with Crippen LogP contribution in [0.15, 0.2) is 0 Å². The number of methoxy groups -OCH3 is 1. The maximum absolute atomic E-state index is 11.2. The second-order valence-corrected chi connectivity index (χ2v) is 4.23. The molecule has 0 bridgehead atoms. The number of terminal acetylenes is 1. The molecule has 0 spiro atoms. The SMILES string of the molecule is C#CCSCCNCC(=O)NCCCOC. The largest absolute Gasteiger partial charge is 0.385 e. The monoisotopic (exact) mass is 244 g/mol. The number of ether oxygens (including phenoxy) is 1. The molecule has 0 atom stereocenters. The minimum Gasteiger partial charge on any atom is -0.385 e. The van der Waals surface area contributed by atoms with E-state index in [1.54, 1.807) is 18.9 Å². The van der Waals surface area contributed by atoms with Gasteiger partial charge in [0, 0.05) is 32.6 Å². The summed E-state index contributed by atoms with van der Waals surface area (Å²) in [5.41, 5.74) is 0. The van der Waals surface area contributed by atoms with Gasteiger partial charge in [-0.25, -0.2) is 0 Å². The van der Waals surface area contributed by atoms with Crippen molar-refractivity contribution in [3.05, 3.63) is 0 Å². The molecule has 0 aliphatic rings. The van der Waals surface area contributed by atoms with Crippen LogP contribution < -0.4 is 10.6 Å². The smallest absolute Gasteiger partial charge is 0.233 e. The van der Waals surface area contributed by atoms with E-state index in [-0.39, 0.29) is 5.91 Å². The van der Waals surface area contributed by atoms with Crippen LogP contribution in [0.25, 0.3) is 0 Å². The van der Waals surface area contributed by atoms with E-state index < -0.39 is 0 Å². The molecular weight excluding hydrogens is 224 g/mol. The lowest BCUT2D eigenvalue weighted by molar-refractivity contribution is -0.120. The predicted molar refractivity (Wildman–Crippen MR) is 68.5 cm³/mol. The first-order valence-electron chi connectivity index (χ1n) is 5.28.